The molecule has 8 heteroatoms. The van der Waals surface area contributed by atoms with E-state index in [4.69, 9.17) is 4.98 Å². The molecule has 1 aliphatic heterocycles. The fraction of sp³-hybridized carbons (Fsp3) is 0.280. The lowest BCUT2D eigenvalue weighted by Crippen LogP contribution is -2.45. The first kappa shape index (κ1) is 22.2. The molecule has 0 bridgehead atoms. The summed E-state index contributed by atoms with van der Waals surface area (Å²) in [6, 6.07) is 12.9. The molecule has 0 saturated carbocycles. The second kappa shape index (κ2) is 9.27. The molecule has 8 nitrogen and oxygen atoms in total. The van der Waals surface area contributed by atoms with Crippen molar-refractivity contribution in [2.75, 3.05) is 43.4 Å². The Morgan fingerprint density at radius 1 is 1.12 bits per heavy atom. The van der Waals surface area contributed by atoms with Crippen LogP contribution in [0.1, 0.15) is 16.7 Å². The Morgan fingerprint density at radius 3 is 2.48 bits per heavy atom. The Hall–Kier alpha value is -3.96. The van der Waals surface area contributed by atoms with Gasteiger partial charge in [0, 0.05) is 38.1 Å². The van der Waals surface area contributed by atoms with Gasteiger partial charge < -0.3 is 15.1 Å². The van der Waals surface area contributed by atoms with Gasteiger partial charge in [0.1, 0.15) is 23.1 Å². The summed E-state index contributed by atoms with van der Waals surface area (Å²) in [7, 11) is 2.05. The van der Waals surface area contributed by atoms with Gasteiger partial charge in [-0.15, -0.1) is 0 Å². The van der Waals surface area contributed by atoms with Gasteiger partial charge in [-0.3, -0.25) is 14.0 Å². The number of nitrogens with zero attached hydrogens (tertiary/aromatic N) is 5. The van der Waals surface area contributed by atoms with Gasteiger partial charge in [-0.1, -0.05) is 23.8 Å². The zero-order valence-electron chi connectivity index (χ0n) is 19.0. The zero-order valence-corrected chi connectivity index (χ0v) is 19.0. The van der Waals surface area contributed by atoms with E-state index >= 15 is 0 Å². The van der Waals surface area contributed by atoms with Gasteiger partial charge in [0.25, 0.3) is 11.5 Å². The maximum Gasteiger partial charge on any atom is 0.267 e. The number of aromatic nitrogens is 2. The second-order valence-corrected chi connectivity index (χ2v) is 8.32. The van der Waals surface area contributed by atoms with Crippen LogP contribution in [0.25, 0.3) is 11.7 Å². The van der Waals surface area contributed by atoms with Crippen LogP contribution in [0, 0.1) is 25.2 Å². The number of hydrogen-bond acceptors (Lipinski definition) is 6. The number of likely N-dealkylation sites (N-methyl/N-ethyl adjacent to an activating group) is 1. The van der Waals surface area contributed by atoms with E-state index < -0.39 is 5.91 Å². The predicted molar refractivity (Wildman–Crippen MR) is 129 cm³/mol. The van der Waals surface area contributed by atoms with Crippen molar-refractivity contribution < 1.29 is 4.79 Å². The molecule has 1 saturated heterocycles. The summed E-state index contributed by atoms with van der Waals surface area (Å²) in [5.41, 5.74) is 2.85. The second-order valence-electron chi connectivity index (χ2n) is 8.32. The van der Waals surface area contributed by atoms with Gasteiger partial charge in [-0.25, -0.2) is 4.98 Å². The standard InChI is InChI=1S/C25H26N6O2/c1-17-6-8-20(9-7-17)27-24(32)19(16-26)15-21-23(30-13-11-29(3)12-14-30)28-22-18(2)5-4-10-31(22)25(21)33/h4-10,15H,11-14H2,1-3H3,(H,27,32). The van der Waals surface area contributed by atoms with E-state index in [-0.39, 0.29) is 16.7 Å². The smallest absolute Gasteiger partial charge is 0.267 e. The summed E-state index contributed by atoms with van der Waals surface area (Å²) in [5.74, 6) is -0.0716. The number of benzene rings is 1. The molecule has 0 aliphatic carbocycles. The lowest BCUT2D eigenvalue weighted by Gasteiger charge is -2.34. The molecule has 2 aromatic heterocycles. The Balaban J connectivity index is 1.81. The first-order valence-electron chi connectivity index (χ1n) is 10.8. The number of anilines is 2. The number of aryl methyl sites for hydroxylation is 2. The molecule has 0 atom stereocenters. The van der Waals surface area contributed by atoms with E-state index in [1.54, 1.807) is 24.4 Å². The van der Waals surface area contributed by atoms with Crippen LogP contribution in [0.3, 0.4) is 0 Å². The number of nitrogens with one attached hydrogen (secondary N) is 1. The van der Waals surface area contributed by atoms with Gasteiger partial charge in [-0.05, 0) is 50.7 Å². The monoisotopic (exact) mass is 442 g/mol. The third kappa shape index (κ3) is 4.64. The average molecular weight is 443 g/mol. The zero-order chi connectivity index (χ0) is 23.5. The highest BCUT2D eigenvalue weighted by Gasteiger charge is 2.23. The molecule has 1 aromatic carbocycles. The maximum absolute atomic E-state index is 13.5. The number of amides is 1. The highest BCUT2D eigenvalue weighted by atomic mass is 16.1. The summed E-state index contributed by atoms with van der Waals surface area (Å²) in [4.78, 5) is 35.4. The molecule has 3 heterocycles. The number of hydrogen-bond donors (Lipinski definition) is 1. The molecule has 1 aliphatic rings. The number of nitriles is 1. The van der Waals surface area contributed by atoms with Gasteiger partial charge in [0.05, 0.1) is 5.56 Å². The molecule has 0 spiro atoms. The van der Waals surface area contributed by atoms with E-state index in [9.17, 15) is 14.9 Å². The predicted octanol–water partition coefficient (Wildman–Crippen LogP) is 2.61. The summed E-state index contributed by atoms with van der Waals surface area (Å²) in [6.45, 7) is 6.91. The van der Waals surface area contributed by atoms with Crippen LogP contribution < -0.4 is 15.8 Å². The van der Waals surface area contributed by atoms with Crippen molar-refractivity contribution in [3.8, 4) is 6.07 Å². The minimum Gasteiger partial charge on any atom is -0.353 e. The van der Waals surface area contributed by atoms with Crippen molar-refractivity contribution >= 4 is 29.1 Å². The maximum atomic E-state index is 13.5. The SMILES string of the molecule is Cc1ccc(NC(=O)C(C#N)=Cc2c(N3CCN(C)CC3)nc3c(C)cccn3c2=O)cc1. The number of carbonyl (C=O) groups is 1. The van der Waals surface area contributed by atoms with Crippen molar-refractivity contribution in [1.29, 1.82) is 5.26 Å². The minimum absolute atomic E-state index is 0.155. The number of piperazine rings is 1. The van der Waals surface area contributed by atoms with Crippen molar-refractivity contribution in [2.24, 2.45) is 0 Å². The lowest BCUT2D eigenvalue weighted by molar-refractivity contribution is -0.112. The number of rotatable bonds is 4. The average Bonchev–Trinajstić information content (AvgIpc) is 2.81. The van der Waals surface area contributed by atoms with Gasteiger partial charge in [0.15, 0.2) is 0 Å². The molecule has 168 valence electrons. The van der Waals surface area contributed by atoms with E-state index in [0.717, 1.165) is 24.2 Å². The van der Waals surface area contributed by atoms with Crippen molar-refractivity contribution in [2.45, 2.75) is 13.8 Å². The first-order chi connectivity index (χ1) is 15.9. The van der Waals surface area contributed by atoms with Crippen LogP contribution >= 0.6 is 0 Å². The van der Waals surface area contributed by atoms with Crippen LogP contribution in [0.2, 0.25) is 0 Å². The molecule has 1 amide bonds. The van der Waals surface area contributed by atoms with Crippen LogP contribution in [0.5, 0.6) is 0 Å². The Kier molecular flexibility index (Phi) is 6.24. The molecule has 0 radical (unpaired) electrons. The molecule has 1 N–H and O–H groups in total. The molecule has 4 rings (SSSR count). The van der Waals surface area contributed by atoms with Crippen molar-refractivity contribution in [3.63, 3.8) is 0 Å². The summed E-state index contributed by atoms with van der Waals surface area (Å²) >= 11 is 0. The molecular formula is C25H26N6O2. The Morgan fingerprint density at radius 2 is 1.82 bits per heavy atom. The van der Waals surface area contributed by atoms with Crippen LogP contribution in [0.4, 0.5) is 11.5 Å². The Bertz CT molecular complexity index is 1330. The lowest BCUT2D eigenvalue weighted by atomic mass is 10.1. The fourth-order valence-corrected chi connectivity index (χ4v) is 3.81. The van der Waals surface area contributed by atoms with Crippen molar-refractivity contribution in [1.82, 2.24) is 14.3 Å². The molecule has 1 fully saturated rings. The van der Waals surface area contributed by atoms with E-state index in [1.807, 2.05) is 50.1 Å². The third-order valence-corrected chi connectivity index (χ3v) is 5.83. The molecular weight excluding hydrogens is 416 g/mol. The summed E-state index contributed by atoms with van der Waals surface area (Å²) in [5, 5.41) is 12.5. The highest BCUT2D eigenvalue weighted by Crippen LogP contribution is 2.22. The van der Waals surface area contributed by atoms with E-state index in [0.29, 0.717) is 30.2 Å². The quantitative estimate of drug-likeness (QED) is 0.493. The summed E-state index contributed by atoms with van der Waals surface area (Å²) in [6.07, 6.45) is 3.02. The number of carbonyl (C=O) groups excluding carboxylic acids is 1. The summed E-state index contributed by atoms with van der Waals surface area (Å²) < 4.78 is 1.47. The van der Waals surface area contributed by atoms with Crippen LogP contribution in [0.15, 0.2) is 53.0 Å². The number of pyridine rings is 1. The topological polar surface area (TPSA) is 93.7 Å². The van der Waals surface area contributed by atoms with Gasteiger partial charge in [0.2, 0.25) is 0 Å². The van der Waals surface area contributed by atoms with Crippen molar-refractivity contribution in [3.05, 3.63) is 75.2 Å². The largest absolute Gasteiger partial charge is 0.353 e. The van der Waals surface area contributed by atoms with E-state index in [2.05, 4.69) is 10.2 Å². The normalized spacial score (nSPS) is 14.8. The third-order valence-electron chi connectivity index (χ3n) is 5.83. The first-order valence-corrected chi connectivity index (χ1v) is 10.8. The Labute approximate surface area is 192 Å². The highest BCUT2D eigenvalue weighted by molar-refractivity contribution is 6.10. The minimum atomic E-state index is -0.570. The molecule has 0 unspecified atom stereocenters. The van der Waals surface area contributed by atoms with Crippen LogP contribution in [-0.2, 0) is 4.79 Å². The van der Waals surface area contributed by atoms with Gasteiger partial charge in [-0.2, -0.15) is 5.26 Å². The molecule has 33 heavy (non-hydrogen) atoms. The van der Waals surface area contributed by atoms with E-state index in [1.165, 1.54) is 10.5 Å². The molecule has 3 aromatic rings. The number of fused-ring (bicyclic) bond motifs is 1. The fourth-order valence-electron chi connectivity index (χ4n) is 3.81. The van der Waals surface area contributed by atoms with Gasteiger partial charge >= 0.3 is 0 Å². The van der Waals surface area contributed by atoms with Crippen LogP contribution in [-0.4, -0.2) is 53.4 Å².